The second kappa shape index (κ2) is 8.67. The predicted octanol–water partition coefficient (Wildman–Crippen LogP) is 4.52. The Bertz CT molecular complexity index is 1250. The minimum atomic E-state index is -0.733. The van der Waals surface area contributed by atoms with Crippen LogP contribution in [0.25, 0.3) is 0 Å². The molecule has 174 valence electrons. The van der Waals surface area contributed by atoms with E-state index in [0.717, 1.165) is 12.0 Å². The number of ether oxygens (including phenoxy) is 1. The number of hydrogen-bond donors (Lipinski definition) is 1. The third kappa shape index (κ3) is 3.84. The van der Waals surface area contributed by atoms with E-state index in [-0.39, 0.29) is 41.0 Å². The molecule has 0 unspecified atom stereocenters. The average Bonchev–Trinajstić information content (AvgIpc) is 3.49. The van der Waals surface area contributed by atoms with Crippen molar-refractivity contribution in [2.75, 3.05) is 16.8 Å². The van der Waals surface area contributed by atoms with Gasteiger partial charge in [0.05, 0.1) is 28.1 Å². The maximum absolute atomic E-state index is 13.0. The lowest BCUT2D eigenvalue weighted by Gasteiger charge is -2.18. The summed E-state index contributed by atoms with van der Waals surface area (Å²) in [5, 5.41) is 3.10. The highest BCUT2D eigenvalue weighted by atomic mass is 79.9. The molecule has 1 saturated heterocycles. The molecule has 2 aliphatic carbocycles. The van der Waals surface area contributed by atoms with Gasteiger partial charge in [0.15, 0.2) is 6.61 Å². The Hall–Kier alpha value is -2.97. The second-order valence-corrected chi connectivity index (χ2v) is 10.0. The summed E-state index contributed by atoms with van der Waals surface area (Å²) in [6.45, 7) is 1.31. The minimum Gasteiger partial charge on any atom is -0.452 e. The molecule has 2 aromatic carbocycles. The fourth-order valence-electron chi connectivity index (χ4n) is 5.11. The van der Waals surface area contributed by atoms with E-state index < -0.39 is 18.5 Å². The van der Waals surface area contributed by atoms with Crippen LogP contribution in [0.1, 0.15) is 22.3 Å². The topological polar surface area (TPSA) is 92.8 Å². The van der Waals surface area contributed by atoms with Crippen molar-refractivity contribution in [3.05, 3.63) is 69.2 Å². The molecular formula is C25H20BrClN2O5. The van der Waals surface area contributed by atoms with Crippen LogP contribution in [0.15, 0.2) is 53.0 Å². The number of rotatable bonds is 5. The van der Waals surface area contributed by atoms with Crippen LogP contribution >= 0.6 is 27.5 Å². The number of aryl methyl sites for hydroxylation is 1. The first-order valence-electron chi connectivity index (χ1n) is 10.8. The molecule has 3 amide bonds. The molecule has 0 spiro atoms. The Morgan fingerprint density at radius 3 is 2.47 bits per heavy atom. The quantitative estimate of drug-likeness (QED) is 0.340. The number of nitrogens with one attached hydrogen (secondary N) is 1. The summed E-state index contributed by atoms with van der Waals surface area (Å²) < 4.78 is 5.86. The molecule has 2 bridgehead atoms. The monoisotopic (exact) mass is 542 g/mol. The number of fused-ring (bicyclic) bond motifs is 5. The van der Waals surface area contributed by atoms with E-state index in [1.54, 1.807) is 24.3 Å². The van der Waals surface area contributed by atoms with Gasteiger partial charge in [-0.1, -0.05) is 29.8 Å². The molecule has 0 aromatic heterocycles. The van der Waals surface area contributed by atoms with Gasteiger partial charge < -0.3 is 10.1 Å². The average molecular weight is 544 g/mol. The van der Waals surface area contributed by atoms with Crippen LogP contribution in [0.4, 0.5) is 11.4 Å². The van der Waals surface area contributed by atoms with Crippen molar-refractivity contribution in [3.63, 3.8) is 0 Å². The Morgan fingerprint density at radius 1 is 1.12 bits per heavy atom. The number of benzene rings is 2. The normalized spacial score (nSPS) is 24.5. The summed E-state index contributed by atoms with van der Waals surface area (Å²) in [7, 11) is 0. The molecule has 5 rings (SSSR count). The van der Waals surface area contributed by atoms with Crippen molar-refractivity contribution in [3.8, 4) is 0 Å². The van der Waals surface area contributed by atoms with E-state index in [1.165, 1.54) is 17.0 Å². The first-order valence-corrected chi connectivity index (χ1v) is 12.0. The number of imide groups is 1. The summed E-state index contributed by atoms with van der Waals surface area (Å²) >= 11 is 9.40. The van der Waals surface area contributed by atoms with Crippen LogP contribution < -0.4 is 10.2 Å². The largest absolute Gasteiger partial charge is 0.452 e. The van der Waals surface area contributed by atoms with Crippen LogP contribution in [0.5, 0.6) is 0 Å². The molecule has 1 saturated carbocycles. The van der Waals surface area contributed by atoms with Gasteiger partial charge in [0.1, 0.15) is 0 Å². The minimum absolute atomic E-state index is 0.104. The van der Waals surface area contributed by atoms with Crippen LogP contribution in [0.2, 0.25) is 5.02 Å². The van der Waals surface area contributed by atoms with Gasteiger partial charge in [-0.25, -0.2) is 9.69 Å². The van der Waals surface area contributed by atoms with E-state index in [4.69, 9.17) is 16.3 Å². The highest BCUT2D eigenvalue weighted by Crippen LogP contribution is 2.53. The lowest BCUT2D eigenvalue weighted by molar-refractivity contribution is -0.123. The van der Waals surface area contributed by atoms with Crippen LogP contribution in [-0.2, 0) is 19.1 Å². The maximum atomic E-state index is 13.0. The first kappa shape index (κ1) is 22.8. The van der Waals surface area contributed by atoms with Crippen molar-refractivity contribution in [1.29, 1.82) is 0 Å². The van der Waals surface area contributed by atoms with Gasteiger partial charge in [-0.2, -0.15) is 0 Å². The third-order valence-corrected chi connectivity index (χ3v) is 7.88. The molecule has 2 fully saturated rings. The molecule has 9 heteroatoms. The van der Waals surface area contributed by atoms with Gasteiger partial charge in [0.25, 0.3) is 5.91 Å². The number of carbonyl (C=O) groups excluding carboxylic acids is 4. The van der Waals surface area contributed by atoms with E-state index in [0.29, 0.717) is 20.9 Å². The van der Waals surface area contributed by atoms with Gasteiger partial charge in [-0.05, 0) is 77.0 Å². The van der Waals surface area contributed by atoms with Crippen LogP contribution in [0.3, 0.4) is 0 Å². The molecule has 1 heterocycles. The van der Waals surface area contributed by atoms with Crippen molar-refractivity contribution in [1.82, 2.24) is 0 Å². The fourth-order valence-corrected chi connectivity index (χ4v) is 5.73. The number of allylic oxidation sites excluding steroid dienone is 2. The number of carbonyl (C=O) groups is 4. The predicted molar refractivity (Wildman–Crippen MR) is 129 cm³/mol. The van der Waals surface area contributed by atoms with Gasteiger partial charge in [-0.15, -0.1) is 0 Å². The van der Waals surface area contributed by atoms with Gasteiger partial charge in [0.2, 0.25) is 11.8 Å². The molecule has 3 aliphatic rings. The summed E-state index contributed by atoms with van der Waals surface area (Å²) in [6, 6.07) is 9.54. The number of halogens is 2. The van der Waals surface area contributed by atoms with Crippen molar-refractivity contribution in [2.45, 2.75) is 13.3 Å². The fraction of sp³-hybridized carbons (Fsp3) is 0.280. The van der Waals surface area contributed by atoms with E-state index >= 15 is 0 Å². The Balaban J connectivity index is 1.25. The zero-order valence-electron chi connectivity index (χ0n) is 18.1. The molecular weight excluding hydrogens is 524 g/mol. The lowest BCUT2D eigenvalue weighted by Crippen LogP contribution is -2.33. The SMILES string of the molecule is Cc1cc(Br)c(Cl)cc1NC(=O)COC(=O)c1cccc(N2C(=O)[C@@H]3[C@H](C2=O)[C@H]2C=C[C@H]3C2)c1. The summed E-state index contributed by atoms with van der Waals surface area (Å²) in [6.07, 6.45) is 4.91. The molecule has 7 nitrogen and oxygen atoms in total. The van der Waals surface area contributed by atoms with Gasteiger partial charge in [-0.3, -0.25) is 14.4 Å². The first-order chi connectivity index (χ1) is 16.2. The smallest absolute Gasteiger partial charge is 0.338 e. The highest BCUT2D eigenvalue weighted by molar-refractivity contribution is 9.10. The standard InChI is InChI=1S/C25H20BrClN2O5/c1-12-7-17(26)18(27)10-19(12)28-20(30)11-34-25(33)15-3-2-4-16(9-15)29-23(31)21-13-5-6-14(8-13)22(21)24(29)32/h2-7,9-10,13-14,21-22H,8,11H2,1H3,(H,28,30)/t13-,14-,21-,22+/m0/s1. The second-order valence-electron chi connectivity index (χ2n) is 8.77. The summed E-state index contributed by atoms with van der Waals surface area (Å²) in [5.41, 5.74) is 1.78. The van der Waals surface area contributed by atoms with E-state index in [9.17, 15) is 19.2 Å². The number of esters is 1. The summed E-state index contributed by atoms with van der Waals surface area (Å²) in [5.74, 6) is -2.13. The number of amides is 3. The molecule has 1 aliphatic heterocycles. The van der Waals surface area contributed by atoms with Crippen molar-refractivity contribution < 1.29 is 23.9 Å². The Labute approximate surface area is 209 Å². The number of anilines is 2. The molecule has 0 radical (unpaired) electrons. The van der Waals surface area contributed by atoms with E-state index in [1.807, 2.05) is 19.1 Å². The maximum Gasteiger partial charge on any atom is 0.338 e. The Kier molecular flexibility index (Phi) is 5.81. The van der Waals surface area contributed by atoms with Crippen LogP contribution in [0, 0.1) is 30.6 Å². The molecule has 34 heavy (non-hydrogen) atoms. The molecule has 1 N–H and O–H groups in total. The zero-order valence-corrected chi connectivity index (χ0v) is 20.4. The van der Waals surface area contributed by atoms with Crippen molar-refractivity contribution in [2.24, 2.45) is 23.7 Å². The lowest BCUT2D eigenvalue weighted by atomic mass is 9.85. The van der Waals surface area contributed by atoms with Gasteiger partial charge >= 0.3 is 5.97 Å². The van der Waals surface area contributed by atoms with E-state index in [2.05, 4.69) is 21.2 Å². The number of hydrogen-bond acceptors (Lipinski definition) is 5. The Morgan fingerprint density at radius 2 is 1.79 bits per heavy atom. The summed E-state index contributed by atoms with van der Waals surface area (Å²) in [4.78, 5) is 52.1. The zero-order chi connectivity index (χ0) is 24.1. The van der Waals surface area contributed by atoms with Crippen molar-refractivity contribution >= 4 is 62.6 Å². The molecule has 2 aromatic rings. The van der Waals surface area contributed by atoms with Gasteiger partial charge in [0, 0.05) is 10.2 Å². The highest BCUT2D eigenvalue weighted by Gasteiger charge is 2.59. The van der Waals surface area contributed by atoms with Crippen LogP contribution in [-0.4, -0.2) is 30.3 Å². The molecule has 4 atom stereocenters. The third-order valence-electron chi connectivity index (χ3n) is 6.69. The number of nitrogens with zero attached hydrogens (tertiary/aromatic N) is 1.